The molecule has 0 aliphatic heterocycles. The van der Waals surface area contributed by atoms with E-state index in [1.165, 1.54) is 73.8 Å². The molecular weight excluding hydrogens is 829 g/mol. The minimum Gasteiger partial charge on any atom is -0.494 e. The van der Waals surface area contributed by atoms with E-state index in [0.29, 0.717) is 56.0 Å². The first-order chi connectivity index (χ1) is 31.0. The van der Waals surface area contributed by atoms with E-state index in [2.05, 4.69) is 13.2 Å². The van der Waals surface area contributed by atoms with E-state index in [9.17, 15) is 28.8 Å². The minimum absolute atomic E-state index is 0.0736. The van der Waals surface area contributed by atoms with Crippen LogP contribution in [0.3, 0.4) is 0 Å². The van der Waals surface area contributed by atoms with Crippen molar-refractivity contribution in [2.75, 3.05) is 33.5 Å². The van der Waals surface area contributed by atoms with E-state index in [4.69, 9.17) is 42.6 Å². The quantitative estimate of drug-likeness (QED) is 0.0264. The Kier molecular flexibility index (Phi) is 17.8. The van der Waals surface area contributed by atoms with Gasteiger partial charge in [0.15, 0.2) is 11.5 Å². The Labute approximate surface area is 368 Å². The molecule has 0 aromatic heterocycles. The molecule has 0 N–H and O–H groups in total. The van der Waals surface area contributed by atoms with Gasteiger partial charge in [-0.25, -0.2) is 28.8 Å². The highest BCUT2D eigenvalue weighted by Gasteiger charge is 2.18. The summed E-state index contributed by atoms with van der Waals surface area (Å²) in [5, 5.41) is 0. The molecule has 0 spiro atoms. The van der Waals surface area contributed by atoms with Gasteiger partial charge in [-0.2, -0.15) is 0 Å². The maximum atomic E-state index is 13.0. The summed E-state index contributed by atoms with van der Waals surface area (Å²) in [4.78, 5) is 73.6. The summed E-state index contributed by atoms with van der Waals surface area (Å²) in [5.41, 5.74) is 0.827. The van der Waals surface area contributed by atoms with Crippen LogP contribution in [0.25, 0.3) is 0 Å². The number of ether oxygens (including phenoxy) is 9. The Balaban J connectivity index is 1.04. The van der Waals surface area contributed by atoms with Gasteiger partial charge < -0.3 is 42.6 Å². The summed E-state index contributed by atoms with van der Waals surface area (Å²) in [6, 6.07) is 28.6. The molecule has 0 unspecified atom stereocenters. The number of rotatable bonds is 23. The SMILES string of the molecule is C=CC(=O)OCCCCOc1ccc(C(=O)Oc2ccc(OC(=O)c3ccc(OC(=O)c4ccc(OC(=O)c5ccc(OCCCCOC(=O)C=C)cc5)c(OC)c4)cc3)cc2)cc1. The van der Waals surface area contributed by atoms with Gasteiger partial charge in [-0.15, -0.1) is 0 Å². The molecule has 0 fully saturated rings. The molecule has 0 radical (unpaired) electrons. The Morgan fingerprint density at radius 3 is 1.12 bits per heavy atom. The van der Waals surface area contributed by atoms with Gasteiger partial charge in [-0.1, -0.05) is 13.2 Å². The molecule has 64 heavy (non-hydrogen) atoms. The smallest absolute Gasteiger partial charge is 0.343 e. The molecule has 0 heterocycles. The molecular formula is C49H44O15. The predicted octanol–water partition coefficient (Wildman–Crippen LogP) is 8.35. The Hall–Kier alpha value is -8.20. The van der Waals surface area contributed by atoms with Crippen LogP contribution in [0.15, 0.2) is 141 Å². The van der Waals surface area contributed by atoms with Crippen LogP contribution in [0.4, 0.5) is 0 Å². The summed E-state index contributed by atoms with van der Waals surface area (Å²) in [6.07, 6.45) is 4.79. The van der Waals surface area contributed by atoms with Crippen LogP contribution in [0.1, 0.15) is 67.1 Å². The summed E-state index contributed by atoms with van der Waals surface area (Å²) >= 11 is 0. The summed E-state index contributed by atoms with van der Waals surface area (Å²) < 4.78 is 48.4. The van der Waals surface area contributed by atoms with Crippen molar-refractivity contribution in [3.8, 4) is 40.2 Å². The van der Waals surface area contributed by atoms with E-state index in [0.717, 1.165) is 12.2 Å². The van der Waals surface area contributed by atoms with Crippen molar-refractivity contribution >= 4 is 35.8 Å². The second kappa shape index (κ2) is 24.3. The van der Waals surface area contributed by atoms with Crippen LogP contribution in [0.2, 0.25) is 0 Å². The zero-order chi connectivity index (χ0) is 45.7. The van der Waals surface area contributed by atoms with Gasteiger partial charge >= 0.3 is 35.8 Å². The fourth-order valence-electron chi connectivity index (χ4n) is 5.40. The lowest BCUT2D eigenvalue weighted by molar-refractivity contribution is -0.138. The van der Waals surface area contributed by atoms with Crippen LogP contribution in [-0.4, -0.2) is 69.4 Å². The van der Waals surface area contributed by atoms with Crippen molar-refractivity contribution in [1.29, 1.82) is 0 Å². The second-order valence-electron chi connectivity index (χ2n) is 13.3. The molecule has 0 atom stereocenters. The highest BCUT2D eigenvalue weighted by Crippen LogP contribution is 2.30. The van der Waals surface area contributed by atoms with Gasteiger partial charge in [0.05, 0.1) is 55.8 Å². The van der Waals surface area contributed by atoms with Gasteiger partial charge in [0.2, 0.25) is 0 Å². The van der Waals surface area contributed by atoms with Crippen molar-refractivity contribution in [2.45, 2.75) is 25.7 Å². The van der Waals surface area contributed by atoms with Crippen LogP contribution >= 0.6 is 0 Å². The third kappa shape index (κ3) is 14.8. The number of unbranched alkanes of at least 4 members (excludes halogenated alkanes) is 2. The van der Waals surface area contributed by atoms with Crippen molar-refractivity contribution in [2.24, 2.45) is 0 Å². The summed E-state index contributed by atoms with van der Waals surface area (Å²) in [6.45, 7) is 8.03. The number of hydrogen-bond donors (Lipinski definition) is 0. The fourth-order valence-corrected chi connectivity index (χ4v) is 5.40. The lowest BCUT2D eigenvalue weighted by atomic mass is 10.2. The van der Waals surface area contributed by atoms with Gasteiger partial charge in [-0.05, 0) is 141 Å². The number of benzene rings is 5. The molecule has 0 saturated heterocycles. The molecule has 330 valence electrons. The van der Waals surface area contributed by atoms with E-state index in [-0.39, 0.29) is 58.7 Å². The molecule has 0 bridgehead atoms. The van der Waals surface area contributed by atoms with Crippen LogP contribution in [0.5, 0.6) is 40.2 Å². The number of carbonyl (C=O) groups is 6. The van der Waals surface area contributed by atoms with E-state index in [1.54, 1.807) is 48.5 Å². The van der Waals surface area contributed by atoms with Crippen LogP contribution < -0.4 is 33.2 Å². The maximum Gasteiger partial charge on any atom is 0.343 e. The predicted molar refractivity (Wildman–Crippen MR) is 230 cm³/mol. The van der Waals surface area contributed by atoms with E-state index < -0.39 is 35.8 Å². The second-order valence-corrected chi connectivity index (χ2v) is 13.3. The molecule has 15 heteroatoms. The van der Waals surface area contributed by atoms with Crippen LogP contribution in [0, 0.1) is 0 Å². The number of carbonyl (C=O) groups excluding carboxylic acids is 6. The zero-order valence-electron chi connectivity index (χ0n) is 34.8. The number of esters is 6. The molecule has 5 aromatic rings. The first-order valence-electron chi connectivity index (χ1n) is 19.9. The molecule has 5 rings (SSSR count). The highest BCUT2D eigenvalue weighted by atomic mass is 16.6. The largest absolute Gasteiger partial charge is 0.494 e. The number of methoxy groups -OCH3 is 1. The third-order valence-corrected chi connectivity index (χ3v) is 8.76. The van der Waals surface area contributed by atoms with Crippen molar-refractivity contribution in [3.05, 3.63) is 163 Å². The van der Waals surface area contributed by atoms with Crippen molar-refractivity contribution < 1.29 is 71.4 Å². The van der Waals surface area contributed by atoms with E-state index in [1.807, 2.05) is 0 Å². The molecule has 0 saturated carbocycles. The third-order valence-electron chi connectivity index (χ3n) is 8.76. The molecule has 0 aliphatic rings. The Bertz CT molecular complexity index is 2400. The highest BCUT2D eigenvalue weighted by molar-refractivity contribution is 5.95. The molecule has 0 aliphatic carbocycles. The van der Waals surface area contributed by atoms with Crippen LogP contribution in [-0.2, 0) is 19.1 Å². The molecule has 0 amide bonds. The monoisotopic (exact) mass is 872 g/mol. The van der Waals surface area contributed by atoms with Gasteiger partial charge in [0.1, 0.15) is 28.7 Å². The maximum absolute atomic E-state index is 13.0. The lowest BCUT2D eigenvalue weighted by Crippen LogP contribution is -2.12. The summed E-state index contributed by atoms with van der Waals surface area (Å²) in [5.74, 6) is -1.76. The average Bonchev–Trinajstić information content (AvgIpc) is 3.32. The van der Waals surface area contributed by atoms with Gasteiger partial charge in [0, 0.05) is 12.2 Å². The molecule has 5 aromatic carbocycles. The normalized spacial score (nSPS) is 10.3. The van der Waals surface area contributed by atoms with Gasteiger partial charge in [0.25, 0.3) is 0 Å². The standard InChI is InChI=1S/C49H44O15/c1-4-44(50)59-30-8-6-28-57-37-17-10-33(11-18-37)46(52)61-40-23-25-41(26-24-40)62-47(53)34-14-21-39(22-15-34)63-49(55)36-16-27-42(43(32-36)56-3)64-48(54)35-12-19-38(20-13-35)58-29-7-9-31-60-45(51)5-2/h4-5,10-27,32H,1-2,6-9,28-31H2,3H3. The fraction of sp³-hybridized carbons (Fsp3) is 0.184. The van der Waals surface area contributed by atoms with Gasteiger partial charge in [-0.3, -0.25) is 0 Å². The Morgan fingerprint density at radius 2 is 0.734 bits per heavy atom. The minimum atomic E-state index is -0.736. The topological polar surface area (TPSA) is 185 Å². The Morgan fingerprint density at radius 1 is 0.406 bits per heavy atom. The first-order valence-corrected chi connectivity index (χ1v) is 19.9. The number of hydrogen-bond acceptors (Lipinski definition) is 15. The van der Waals surface area contributed by atoms with Crippen molar-refractivity contribution in [1.82, 2.24) is 0 Å². The zero-order valence-corrected chi connectivity index (χ0v) is 34.8. The van der Waals surface area contributed by atoms with E-state index >= 15 is 0 Å². The molecule has 15 nitrogen and oxygen atoms in total. The lowest BCUT2D eigenvalue weighted by Gasteiger charge is -2.12. The average molecular weight is 873 g/mol. The van der Waals surface area contributed by atoms with Crippen molar-refractivity contribution in [3.63, 3.8) is 0 Å². The first kappa shape index (κ1) is 46.9. The summed E-state index contributed by atoms with van der Waals surface area (Å²) in [7, 11) is 1.36.